The molecular weight excluding hydrogens is 418 g/mol. The van der Waals surface area contributed by atoms with Crippen LogP contribution in [-0.2, 0) is 4.74 Å². The van der Waals surface area contributed by atoms with Crippen LogP contribution in [0.4, 0.5) is 0 Å². The van der Waals surface area contributed by atoms with Gasteiger partial charge in [0, 0.05) is 25.0 Å². The van der Waals surface area contributed by atoms with Gasteiger partial charge < -0.3 is 19.5 Å². The number of hydrogen-bond donors (Lipinski definition) is 1. The molecule has 1 amide bonds. The Morgan fingerprint density at radius 2 is 1.82 bits per heavy atom. The maximum atomic E-state index is 13.2. The van der Waals surface area contributed by atoms with Crippen molar-refractivity contribution in [2.75, 3.05) is 47.1 Å². The zero-order valence-electron chi connectivity index (χ0n) is 19.7. The number of nitrogens with zero attached hydrogens (tertiary/aromatic N) is 2. The number of nitrogens with one attached hydrogen (secondary N) is 1. The lowest BCUT2D eigenvalue weighted by molar-refractivity contribution is 0.0162. The summed E-state index contributed by atoms with van der Waals surface area (Å²) in [6.45, 7) is 7.31. The molecule has 2 heterocycles. The van der Waals surface area contributed by atoms with Crippen LogP contribution >= 0.6 is 0 Å². The van der Waals surface area contributed by atoms with Crippen molar-refractivity contribution in [1.82, 2.24) is 15.2 Å². The van der Waals surface area contributed by atoms with Gasteiger partial charge in [-0.15, -0.1) is 0 Å². The Morgan fingerprint density at radius 3 is 2.55 bits per heavy atom. The van der Waals surface area contributed by atoms with Crippen LogP contribution < -0.4 is 14.8 Å². The van der Waals surface area contributed by atoms with E-state index in [1.54, 1.807) is 14.2 Å². The molecule has 174 valence electrons. The molecule has 0 bridgehead atoms. The topological polar surface area (TPSA) is 72.9 Å². The van der Waals surface area contributed by atoms with Crippen molar-refractivity contribution in [3.05, 3.63) is 64.8 Å². The van der Waals surface area contributed by atoms with E-state index < -0.39 is 0 Å². The molecule has 0 aliphatic carbocycles. The van der Waals surface area contributed by atoms with Gasteiger partial charge in [0.15, 0.2) is 11.5 Å². The standard InChI is InChI=1S/C26H31N3O4/c1-17-5-7-22-20(13-17)14-21(18(2)28-22)26(30)27-16-23(29-9-11-33-12-10-29)19-6-8-24(31-3)25(15-19)32-4/h5-8,13-15,23H,9-12,16H2,1-4H3,(H,27,30). The van der Waals surface area contributed by atoms with Crippen molar-refractivity contribution < 1.29 is 19.0 Å². The van der Waals surface area contributed by atoms with Crippen LogP contribution in [0.3, 0.4) is 0 Å². The van der Waals surface area contributed by atoms with E-state index in [1.165, 1.54) is 0 Å². The summed E-state index contributed by atoms with van der Waals surface area (Å²) in [4.78, 5) is 20.2. The lowest BCUT2D eigenvalue weighted by Crippen LogP contribution is -2.44. The van der Waals surface area contributed by atoms with Gasteiger partial charge in [0.2, 0.25) is 0 Å². The molecule has 7 nitrogen and oxygen atoms in total. The Labute approximate surface area is 194 Å². The molecule has 1 saturated heterocycles. The number of hydrogen-bond acceptors (Lipinski definition) is 6. The smallest absolute Gasteiger partial charge is 0.253 e. The second-order valence-corrected chi connectivity index (χ2v) is 8.31. The summed E-state index contributed by atoms with van der Waals surface area (Å²) in [7, 11) is 3.25. The van der Waals surface area contributed by atoms with Gasteiger partial charge in [-0.3, -0.25) is 14.7 Å². The van der Waals surface area contributed by atoms with Gasteiger partial charge in [-0.2, -0.15) is 0 Å². The van der Waals surface area contributed by atoms with Gasteiger partial charge in [0.25, 0.3) is 5.91 Å². The SMILES string of the molecule is COc1ccc(C(CNC(=O)c2cc3cc(C)ccc3nc2C)N2CCOCC2)cc1OC. The van der Waals surface area contributed by atoms with Crippen LogP contribution in [0.5, 0.6) is 11.5 Å². The highest BCUT2D eigenvalue weighted by molar-refractivity contribution is 5.98. The Balaban J connectivity index is 1.59. The van der Waals surface area contributed by atoms with E-state index in [1.807, 2.05) is 50.2 Å². The second kappa shape index (κ2) is 10.2. The van der Waals surface area contributed by atoms with Crippen LogP contribution in [0.25, 0.3) is 10.9 Å². The number of rotatable bonds is 7. The lowest BCUT2D eigenvalue weighted by atomic mass is 10.0. The van der Waals surface area contributed by atoms with E-state index in [9.17, 15) is 4.79 Å². The molecule has 1 atom stereocenters. The summed E-state index contributed by atoms with van der Waals surface area (Å²) < 4.78 is 16.5. The highest BCUT2D eigenvalue weighted by Crippen LogP contribution is 2.32. The molecule has 2 aromatic carbocycles. The van der Waals surface area contributed by atoms with Crippen molar-refractivity contribution in [2.24, 2.45) is 0 Å². The van der Waals surface area contributed by atoms with E-state index in [2.05, 4.69) is 21.3 Å². The number of amides is 1. The predicted octanol–water partition coefficient (Wildman–Crippen LogP) is 3.67. The molecule has 33 heavy (non-hydrogen) atoms. The number of benzene rings is 2. The minimum atomic E-state index is -0.123. The van der Waals surface area contributed by atoms with Crippen molar-refractivity contribution in [2.45, 2.75) is 19.9 Å². The summed E-state index contributed by atoms with van der Waals surface area (Å²) in [5, 5.41) is 4.12. The molecule has 1 aliphatic rings. The Kier molecular flexibility index (Phi) is 7.11. The molecule has 3 aromatic rings. The van der Waals surface area contributed by atoms with Gasteiger partial charge >= 0.3 is 0 Å². The maximum absolute atomic E-state index is 13.2. The van der Waals surface area contributed by atoms with E-state index in [0.29, 0.717) is 36.8 Å². The highest BCUT2D eigenvalue weighted by Gasteiger charge is 2.25. The number of aromatic nitrogens is 1. The number of morpholine rings is 1. The molecule has 0 spiro atoms. The van der Waals surface area contributed by atoms with Crippen LogP contribution in [-0.4, -0.2) is 62.9 Å². The third-order valence-electron chi connectivity index (χ3n) is 6.14. The summed E-state index contributed by atoms with van der Waals surface area (Å²) >= 11 is 0. The molecule has 7 heteroatoms. The Bertz CT molecular complexity index is 1140. The van der Waals surface area contributed by atoms with Gasteiger partial charge in [0.05, 0.1) is 50.2 Å². The first kappa shape index (κ1) is 23.0. The minimum absolute atomic E-state index is 0.0198. The minimum Gasteiger partial charge on any atom is -0.493 e. The molecule has 1 N–H and O–H groups in total. The first-order chi connectivity index (χ1) is 16.0. The van der Waals surface area contributed by atoms with Gasteiger partial charge in [-0.1, -0.05) is 17.7 Å². The largest absolute Gasteiger partial charge is 0.493 e. The van der Waals surface area contributed by atoms with E-state index in [-0.39, 0.29) is 11.9 Å². The normalized spacial score (nSPS) is 15.3. The fraction of sp³-hybridized carbons (Fsp3) is 0.385. The summed E-state index contributed by atoms with van der Waals surface area (Å²) in [6.07, 6.45) is 0. The third kappa shape index (κ3) is 5.10. The van der Waals surface area contributed by atoms with Crippen molar-refractivity contribution in [3.63, 3.8) is 0 Å². The maximum Gasteiger partial charge on any atom is 0.253 e. The van der Waals surface area contributed by atoms with Gasteiger partial charge in [-0.05, 0) is 49.7 Å². The van der Waals surface area contributed by atoms with E-state index in [0.717, 1.165) is 40.8 Å². The monoisotopic (exact) mass is 449 g/mol. The number of methoxy groups -OCH3 is 2. The lowest BCUT2D eigenvalue weighted by Gasteiger charge is -2.35. The number of carbonyl (C=O) groups excluding carboxylic acids is 1. The van der Waals surface area contributed by atoms with E-state index >= 15 is 0 Å². The van der Waals surface area contributed by atoms with Crippen molar-refractivity contribution in [3.8, 4) is 11.5 Å². The summed E-state index contributed by atoms with van der Waals surface area (Å²) in [5.74, 6) is 1.23. The molecule has 0 radical (unpaired) electrons. The molecule has 1 unspecified atom stereocenters. The number of ether oxygens (including phenoxy) is 3. The number of carbonyl (C=O) groups is 1. The predicted molar refractivity (Wildman–Crippen MR) is 128 cm³/mol. The molecule has 4 rings (SSSR count). The molecular formula is C26H31N3O4. The van der Waals surface area contributed by atoms with Crippen LogP contribution in [0, 0.1) is 13.8 Å². The average Bonchev–Trinajstić information content (AvgIpc) is 2.84. The van der Waals surface area contributed by atoms with Gasteiger partial charge in [0.1, 0.15) is 0 Å². The van der Waals surface area contributed by atoms with Crippen LogP contribution in [0.1, 0.15) is 33.2 Å². The molecule has 1 fully saturated rings. The Morgan fingerprint density at radius 1 is 1.06 bits per heavy atom. The molecule has 1 aliphatic heterocycles. The number of aryl methyl sites for hydroxylation is 2. The summed E-state index contributed by atoms with van der Waals surface area (Å²) in [6, 6.07) is 13.9. The summed E-state index contributed by atoms with van der Waals surface area (Å²) in [5.41, 5.74) is 4.41. The molecule has 0 saturated carbocycles. The number of pyridine rings is 1. The first-order valence-corrected chi connectivity index (χ1v) is 11.2. The fourth-order valence-electron chi connectivity index (χ4n) is 4.31. The average molecular weight is 450 g/mol. The zero-order valence-corrected chi connectivity index (χ0v) is 19.7. The Hall–Kier alpha value is -3.16. The van der Waals surface area contributed by atoms with Crippen LogP contribution in [0.15, 0.2) is 42.5 Å². The second-order valence-electron chi connectivity index (χ2n) is 8.31. The molecule has 1 aromatic heterocycles. The fourth-order valence-corrected chi connectivity index (χ4v) is 4.31. The van der Waals surface area contributed by atoms with Crippen molar-refractivity contribution in [1.29, 1.82) is 0 Å². The number of fused-ring (bicyclic) bond motifs is 1. The first-order valence-electron chi connectivity index (χ1n) is 11.2. The zero-order chi connectivity index (χ0) is 23.4. The third-order valence-corrected chi connectivity index (χ3v) is 6.14. The van der Waals surface area contributed by atoms with E-state index in [4.69, 9.17) is 14.2 Å². The van der Waals surface area contributed by atoms with Crippen molar-refractivity contribution >= 4 is 16.8 Å². The highest BCUT2D eigenvalue weighted by atomic mass is 16.5. The van der Waals surface area contributed by atoms with Crippen LogP contribution in [0.2, 0.25) is 0 Å². The van der Waals surface area contributed by atoms with Gasteiger partial charge in [-0.25, -0.2) is 0 Å². The quantitative estimate of drug-likeness (QED) is 0.593.